The molecule has 1 heterocycles. The van der Waals surface area contributed by atoms with E-state index >= 15 is 0 Å². The van der Waals surface area contributed by atoms with Crippen molar-refractivity contribution in [2.75, 3.05) is 29.0 Å². The number of ether oxygens (including phenoxy) is 1. The van der Waals surface area contributed by atoms with Gasteiger partial charge in [0.1, 0.15) is 6.61 Å². The molecule has 1 aliphatic heterocycles. The molecule has 32 heavy (non-hydrogen) atoms. The van der Waals surface area contributed by atoms with Crippen molar-refractivity contribution in [2.24, 2.45) is 5.41 Å². The fourth-order valence-electron chi connectivity index (χ4n) is 3.86. The van der Waals surface area contributed by atoms with Gasteiger partial charge in [-0.3, -0.25) is 0 Å². The summed E-state index contributed by atoms with van der Waals surface area (Å²) in [4.78, 5) is 2.36. The third-order valence-electron chi connectivity index (χ3n) is 6.07. The summed E-state index contributed by atoms with van der Waals surface area (Å²) >= 11 is 0. The highest BCUT2D eigenvalue weighted by molar-refractivity contribution is 5.75. The van der Waals surface area contributed by atoms with E-state index in [0.717, 1.165) is 37.2 Å². The first-order chi connectivity index (χ1) is 15.3. The molecule has 0 amide bonds. The van der Waals surface area contributed by atoms with Gasteiger partial charge >= 0.3 is 0 Å². The zero-order chi connectivity index (χ0) is 22.7. The van der Waals surface area contributed by atoms with Gasteiger partial charge in [0.15, 0.2) is 17.4 Å². The Balaban J connectivity index is 1.45. The second-order valence-electron chi connectivity index (χ2n) is 9.06. The van der Waals surface area contributed by atoms with Crippen LogP contribution in [0.1, 0.15) is 32.3 Å². The lowest BCUT2D eigenvalue weighted by Gasteiger charge is -2.38. The Labute approximate surface area is 188 Å². The van der Waals surface area contributed by atoms with E-state index < -0.39 is 17.4 Å². The van der Waals surface area contributed by atoms with E-state index in [-0.39, 0.29) is 18.0 Å². The van der Waals surface area contributed by atoms with Crippen LogP contribution in [0, 0.1) is 17.0 Å². The van der Waals surface area contributed by atoms with Gasteiger partial charge in [-0.25, -0.2) is 8.78 Å². The van der Waals surface area contributed by atoms with E-state index in [1.54, 1.807) is 0 Å². The van der Waals surface area contributed by atoms with Crippen molar-refractivity contribution in [2.45, 2.75) is 33.3 Å². The van der Waals surface area contributed by atoms with Crippen LogP contribution < -0.4 is 20.7 Å². The van der Waals surface area contributed by atoms with Crippen LogP contribution in [0.3, 0.4) is 0 Å². The largest absolute Gasteiger partial charge is 0.483 e. The van der Waals surface area contributed by atoms with Gasteiger partial charge in [-0.2, -0.15) is 0 Å². The summed E-state index contributed by atoms with van der Waals surface area (Å²) in [6.07, 6.45) is 2.31. The number of hydrogen-bond acceptors (Lipinski definition) is 4. The summed E-state index contributed by atoms with van der Waals surface area (Å²) < 4.78 is 34.7. The molecule has 0 bridgehead atoms. The van der Waals surface area contributed by atoms with Crippen LogP contribution in [0.2, 0.25) is 0 Å². The van der Waals surface area contributed by atoms with Crippen LogP contribution in [0.4, 0.5) is 31.5 Å². The highest BCUT2D eigenvalue weighted by Crippen LogP contribution is 2.36. The standard InChI is InChI=1S/C26H29F2N3O/c1-26(2)12-14-31(15-13-26)20-10-8-19(9-11-20)30-22-16-21(27)25(23(28)24(22)29)32-17-18-6-4-3-5-7-18/h3-11,16,30H,12-15,17,29H2,1-2H3. The van der Waals surface area contributed by atoms with Crippen molar-refractivity contribution < 1.29 is 13.5 Å². The highest BCUT2D eigenvalue weighted by atomic mass is 19.1. The molecule has 0 aliphatic carbocycles. The second kappa shape index (κ2) is 9.07. The summed E-state index contributed by atoms with van der Waals surface area (Å²) in [5.41, 5.74) is 8.97. The monoisotopic (exact) mass is 437 g/mol. The Bertz CT molecular complexity index is 1060. The van der Waals surface area contributed by atoms with Crippen LogP contribution in [0.25, 0.3) is 0 Å². The summed E-state index contributed by atoms with van der Waals surface area (Å²) in [6, 6.07) is 18.2. The molecule has 0 aromatic heterocycles. The third kappa shape index (κ3) is 4.96. The number of rotatable bonds is 6. The first-order valence-corrected chi connectivity index (χ1v) is 10.9. The van der Waals surface area contributed by atoms with Crippen molar-refractivity contribution >= 4 is 22.7 Å². The van der Waals surface area contributed by atoms with Gasteiger partial charge in [0.2, 0.25) is 0 Å². The number of nitrogen functional groups attached to an aromatic ring is 1. The molecule has 0 atom stereocenters. The van der Waals surface area contributed by atoms with E-state index in [2.05, 4.69) is 24.1 Å². The molecule has 4 nitrogen and oxygen atoms in total. The molecule has 168 valence electrons. The molecule has 3 aromatic rings. The lowest BCUT2D eigenvalue weighted by atomic mass is 9.82. The number of piperidine rings is 1. The lowest BCUT2D eigenvalue weighted by Crippen LogP contribution is -2.37. The van der Waals surface area contributed by atoms with Crippen LogP contribution in [-0.4, -0.2) is 13.1 Å². The smallest absolute Gasteiger partial charge is 0.193 e. The number of hydrogen-bond donors (Lipinski definition) is 2. The molecule has 0 unspecified atom stereocenters. The first kappa shape index (κ1) is 21.9. The Kier molecular flexibility index (Phi) is 6.21. The second-order valence-corrected chi connectivity index (χ2v) is 9.06. The van der Waals surface area contributed by atoms with Gasteiger partial charge < -0.3 is 20.7 Å². The molecule has 4 rings (SSSR count). The van der Waals surface area contributed by atoms with Crippen molar-refractivity contribution in [3.8, 4) is 5.75 Å². The van der Waals surface area contributed by atoms with E-state index in [0.29, 0.717) is 11.1 Å². The van der Waals surface area contributed by atoms with Crippen LogP contribution in [0.5, 0.6) is 5.75 Å². The topological polar surface area (TPSA) is 50.5 Å². The van der Waals surface area contributed by atoms with Gasteiger partial charge in [0.05, 0.1) is 11.4 Å². The van der Waals surface area contributed by atoms with Crippen LogP contribution in [-0.2, 0) is 6.61 Å². The highest BCUT2D eigenvalue weighted by Gasteiger charge is 2.25. The number of nitrogens with two attached hydrogens (primary N) is 1. The summed E-state index contributed by atoms with van der Waals surface area (Å²) in [5.74, 6) is -2.18. The Morgan fingerprint density at radius 2 is 1.66 bits per heavy atom. The molecule has 1 fully saturated rings. The van der Waals surface area contributed by atoms with Crippen molar-refractivity contribution in [3.05, 3.63) is 77.9 Å². The van der Waals surface area contributed by atoms with Gasteiger partial charge in [-0.15, -0.1) is 0 Å². The minimum atomic E-state index is -0.906. The number of nitrogens with zero attached hydrogens (tertiary/aromatic N) is 1. The summed E-state index contributed by atoms with van der Waals surface area (Å²) in [7, 11) is 0. The molecule has 6 heteroatoms. The Morgan fingerprint density at radius 3 is 2.31 bits per heavy atom. The van der Waals surface area contributed by atoms with E-state index in [9.17, 15) is 8.78 Å². The fourth-order valence-corrected chi connectivity index (χ4v) is 3.86. The first-order valence-electron chi connectivity index (χ1n) is 10.9. The maximum atomic E-state index is 14.8. The number of nitrogens with one attached hydrogen (secondary N) is 1. The normalized spacial score (nSPS) is 15.4. The molecule has 3 aromatic carbocycles. The van der Waals surface area contributed by atoms with E-state index in [1.165, 1.54) is 6.07 Å². The third-order valence-corrected chi connectivity index (χ3v) is 6.07. The van der Waals surface area contributed by atoms with Crippen molar-refractivity contribution in [1.29, 1.82) is 0 Å². The Morgan fingerprint density at radius 1 is 1.00 bits per heavy atom. The quantitative estimate of drug-likeness (QED) is 0.433. The molecular formula is C26H29F2N3O. The molecule has 0 saturated carbocycles. The van der Waals surface area contributed by atoms with Gasteiger partial charge in [0.25, 0.3) is 0 Å². The van der Waals surface area contributed by atoms with Crippen molar-refractivity contribution in [3.63, 3.8) is 0 Å². The lowest BCUT2D eigenvalue weighted by molar-refractivity contribution is 0.275. The Hall–Kier alpha value is -3.28. The van der Waals surface area contributed by atoms with Gasteiger partial charge in [-0.05, 0) is 48.1 Å². The molecule has 1 aliphatic rings. The molecule has 3 N–H and O–H groups in total. The summed E-state index contributed by atoms with van der Waals surface area (Å²) in [6.45, 7) is 6.70. The number of benzene rings is 3. The van der Waals surface area contributed by atoms with Gasteiger partial charge in [0, 0.05) is 30.5 Å². The maximum absolute atomic E-state index is 14.8. The fraction of sp³-hybridized carbons (Fsp3) is 0.308. The van der Waals surface area contributed by atoms with Crippen LogP contribution in [0.15, 0.2) is 60.7 Å². The minimum absolute atomic E-state index is 0.0516. The molecular weight excluding hydrogens is 408 g/mol. The SMILES string of the molecule is CC1(C)CCN(c2ccc(Nc3cc(F)c(OCc4ccccc4)c(F)c3N)cc2)CC1. The zero-order valence-electron chi connectivity index (χ0n) is 18.5. The van der Waals surface area contributed by atoms with E-state index in [4.69, 9.17) is 10.5 Å². The molecule has 0 radical (unpaired) electrons. The zero-order valence-corrected chi connectivity index (χ0v) is 18.5. The molecule has 0 spiro atoms. The average Bonchev–Trinajstić information content (AvgIpc) is 2.78. The van der Waals surface area contributed by atoms with Gasteiger partial charge in [-0.1, -0.05) is 44.2 Å². The maximum Gasteiger partial charge on any atom is 0.193 e. The number of halogens is 2. The predicted molar refractivity (Wildman–Crippen MR) is 126 cm³/mol. The summed E-state index contributed by atoms with van der Waals surface area (Å²) in [5, 5.41) is 3.02. The predicted octanol–water partition coefficient (Wildman–Crippen LogP) is 6.50. The van der Waals surface area contributed by atoms with E-state index in [1.807, 2.05) is 54.6 Å². The molecule has 1 saturated heterocycles. The average molecular weight is 438 g/mol. The number of anilines is 4. The van der Waals surface area contributed by atoms with Crippen LogP contribution >= 0.6 is 0 Å². The van der Waals surface area contributed by atoms with Crippen molar-refractivity contribution in [1.82, 2.24) is 0 Å². The minimum Gasteiger partial charge on any atom is -0.483 e.